The van der Waals surface area contributed by atoms with Crippen molar-refractivity contribution in [3.63, 3.8) is 0 Å². The Morgan fingerprint density at radius 1 is 1.00 bits per heavy atom. The Bertz CT molecular complexity index is 203. The van der Waals surface area contributed by atoms with Gasteiger partial charge in [-0.3, -0.25) is 0 Å². The van der Waals surface area contributed by atoms with Crippen LogP contribution in [-0.4, -0.2) is 25.7 Å². The van der Waals surface area contributed by atoms with Gasteiger partial charge in [-0.2, -0.15) is 0 Å². The molecule has 1 saturated carbocycles. The molecule has 0 amide bonds. The van der Waals surface area contributed by atoms with Crippen LogP contribution in [0.25, 0.3) is 0 Å². The minimum Gasteiger partial charge on any atom is -0.314 e. The summed E-state index contributed by atoms with van der Waals surface area (Å²) in [6, 6.07) is 0. The Morgan fingerprint density at radius 2 is 1.56 bits per heavy atom. The summed E-state index contributed by atoms with van der Waals surface area (Å²) in [6.45, 7) is 11.5. The fourth-order valence-corrected chi connectivity index (χ4v) is 2.64. The molecule has 16 heavy (non-hydrogen) atoms. The van der Waals surface area contributed by atoms with E-state index in [9.17, 15) is 0 Å². The molecule has 0 spiro atoms. The lowest BCUT2D eigenvalue weighted by atomic mass is 9.77. The summed E-state index contributed by atoms with van der Waals surface area (Å²) in [4.78, 5) is 0. The van der Waals surface area contributed by atoms with Gasteiger partial charge < -0.3 is 10.6 Å². The average Bonchev–Trinajstić information content (AvgIpc) is 2.70. The van der Waals surface area contributed by atoms with E-state index in [1.807, 2.05) is 7.05 Å². The molecule has 0 aromatic carbocycles. The Labute approximate surface area is 102 Å². The summed E-state index contributed by atoms with van der Waals surface area (Å²) in [6.07, 6.45) is 5.75. The second-order valence-electron chi connectivity index (χ2n) is 6.71. The molecule has 0 radical (unpaired) electrons. The zero-order chi connectivity index (χ0) is 12.2. The molecule has 2 heteroatoms. The van der Waals surface area contributed by atoms with Crippen molar-refractivity contribution >= 4 is 0 Å². The molecule has 0 heterocycles. The van der Waals surface area contributed by atoms with Gasteiger partial charge in [0.2, 0.25) is 0 Å². The van der Waals surface area contributed by atoms with Crippen LogP contribution in [0.3, 0.4) is 0 Å². The van der Waals surface area contributed by atoms with Gasteiger partial charge in [-0.15, -0.1) is 0 Å². The highest BCUT2D eigenvalue weighted by Gasteiger charge is 2.31. The topological polar surface area (TPSA) is 24.1 Å². The maximum absolute atomic E-state index is 3.63. The minimum absolute atomic E-state index is 0.200. The van der Waals surface area contributed by atoms with Crippen LogP contribution >= 0.6 is 0 Å². The second kappa shape index (κ2) is 5.50. The number of hydrogen-bond acceptors (Lipinski definition) is 2. The second-order valence-corrected chi connectivity index (χ2v) is 6.71. The van der Waals surface area contributed by atoms with Gasteiger partial charge in [0.25, 0.3) is 0 Å². The Morgan fingerprint density at radius 3 is 2.06 bits per heavy atom. The van der Waals surface area contributed by atoms with E-state index in [-0.39, 0.29) is 5.54 Å². The minimum atomic E-state index is 0.200. The average molecular weight is 226 g/mol. The smallest absolute Gasteiger partial charge is 0.0246 e. The molecular weight excluding hydrogens is 196 g/mol. The van der Waals surface area contributed by atoms with Crippen LogP contribution in [0.1, 0.15) is 53.4 Å². The van der Waals surface area contributed by atoms with E-state index in [0.29, 0.717) is 5.41 Å². The number of likely N-dealkylation sites (N-methyl/N-ethyl adjacent to an activating group) is 1. The van der Waals surface area contributed by atoms with Crippen molar-refractivity contribution in [1.29, 1.82) is 0 Å². The molecule has 0 atom stereocenters. The summed E-state index contributed by atoms with van der Waals surface area (Å²) in [7, 11) is 2.03. The molecule has 0 aromatic heterocycles. The number of hydrogen-bond donors (Lipinski definition) is 2. The SMILES string of the molecule is CNC(C)(C)CNCC(C)(C)C1CCCC1. The predicted molar refractivity (Wildman–Crippen MR) is 71.7 cm³/mol. The first-order chi connectivity index (χ1) is 7.37. The van der Waals surface area contributed by atoms with Crippen molar-refractivity contribution in [3.8, 4) is 0 Å². The first-order valence-electron chi connectivity index (χ1n) is 6.77. The first-order valence-corrected chi connectivity index (χ1v) is 6.77. The molecule has 0 aliphatic heterocycles. The van der Waals surface area contributed by atoms with Crippen LogP contribution in [0.2, 0.25) is 0 Å². The molecule has 0 bridgehead atoms. The summed E-state index contributed by atoms with van der Waals surface area (Å²) in [5.74, 6) is 0.928. The lowest BCUT2D eigenvalue weighted by molar-refractivity contribution is 0.201. The van der Waals surface area contributed by atoms with E-state index in [2.05, 4.69) is 38.3 Å². The van der Waals surface area contributed by atoms with E-state index in [4.69, 9.17) is 0 Å². The van der Waals surface area contributed by atoms with Crippen LogP contribution in [0.5, 0.6) is 0 Å². The van der Waals surface area contributed by atoms with E-state index in [1.165, 1.54) is 25.7 Å². The summed E-state index contributed by atoms with van der Waals surface area (Å²) >= 11 is 0. The normalized spacial score (nSPS) is 19.3. The van der Waals surface area contributed by atoms with Crippen molar-refractivity contribution in [2.24, 2.45) is 11.3 Å². The maximum Gasteiger partial charge on any atom is 0.0246 e. The highest BCUT2D eigenvalue weighted by molar-refractivity contribution is 4.86. The van der Waals surface area contributed by atoms with Crippen LogP contribution in [0.4, 0.5) is 0 Å². The van der Waals surface area contributed by atoms with E-state index in [1.54, 1.807) is 0 Å². The molecule has 2 nitrogen and oxygen atoms in total. The standard InChI is InChI=1S/C14H30N2/c1-13(2,12-8-6-7-9-12)10-16-11-14(3,4)15-5/h12,15-16H,6-11H2,1-5H3. The van der Waals surface area contributed by atoms with Crippen LogP contribution in [0.15, 0.2) is 0 Å². The fourth-order valence-electron chi connectivity index (χ4n) is 2.64. The molecular formula is C14H30N2. The van der Waals surface area contributed by atoms with Crippen molar-refractivity contribution in [3.05, 3.63) is 0 Å². The number of rotatable bonds is 6. The van der Waals surface area contributed by atoms with Crippen LogP contribution in [0, 0.1) is 11.3 Å². The largest absolute Gasteiger partial charge is 0.314 e. The van der Waals surface area contributed by atoms with E-state index >= 15 is 0 Å². The molecule has 0 aromatic rings. The maximum atomic E-state index is 3.63. The third kappa shape index (κ3) is 4.06. The van der Waals surface area contributed by atoms with Gasteiger partial charge in [0.1, 0.15) is 0 Å². The first kappa shape index (κ1) is 14.0. The van der Waals surface area contributed by atoms with E-state index in [0.717, 1.165) is 19.0 Å². The Hall–Kier alpha value is -0.0800. The highest BCUT2D eigenvalue weighted by Crippen LogP contribution is 2.38. The Balaban J connectivity index is 2.30. The zero-order valence-electron chi connectivity index (χ0n) is 11.8. The fraction of sp³-hybridized carbons (Fsp3) is 1.00. The quantitative estimate of drug-likeness (QED) is 0.728. The van der Waals surface area contributed by atoms with Gasteiger partial charge in [0.05, 0.1) is 0 Å². The summed E-state index contributed by atoms with van der Waals surface area (Å²) < 4.78 is 0. The molecule has 1 aliphatic rings. The highest BCUT2D eigenvalue weighted by atomic mass is 15.0. The van der Waals surface area contributed by atoms with Crippen molar-refractivity contribution in [2.45, 2.75) is 58.9 Å². The third-order valence-electron chi connectivity index (χ3n) is 4.28. The van der Waals surface area contributed by atoms with Gasteiger partial charge >= 0.3 is 0 Å². The van der Waals surface area contributed by atoms with E-state index < -0.39 is 0 Å². The molecule has 1 aliphatic carbocycles. The van der Waals surface area contributed by atoms with Crippen LogP contribution in [-0.2, 0) is 0 Å². The molecule has 1 fully saturated rings. The molecule has 2 N–H and O–H groups in total. The lowest BCUT2D eigenvalue weighted by Crippen LogP contribution is -2.48. The van der Waals surface area contributed by atoms with Gasteiger partial charge in [0, 0.05) is 18.6 Å². The molecule has 1 rings (SSSR count). The lowest BCUT2D eigenvalue weighted by Gasteiger charge is -2.34. The number of nitrogens with one attached hydrogen (secondary N) is 2. The zero-order valence-corrected chi connectivity index (χ0v) is 11.8. The van der Waals surface area contributed by atoms with Gasteiger partial charge in [-0.05, 0) is 45.1 Å². The van der Waals surface area contributed by atoms with Gasteiger partial charge in [-0.25, -0.2) is 0 Å². The van der Waals surface area contributed by atoms with Crippen molar-refractivity contribution < 1.29 is 0 Å². The summed E-state index contributed by atoms with van der Waals surface area (Å²) in [5, 5.41) is 6.97. The van der Waals surface area contributed by atoms with Gasteiger partial charge in [0.15, 0.2) is 0 Å². The predicted octanol–water partition coefficient (Wildman–Crippen LogP) is 2.79. The molecule has 96 valence electrons. The van der Waals surface area contributed by atoms with Crippen molar-refractivity contribution in [2.75, 3.05) is 20.1 Å². The van der Waals surface area contributed by atoms with Gasteiger partial charge in [-0.1, -0.05) is 26.7 Å². The van der Waals surface area contributed by atoms with Crippen LogP contribution < -0.4 is 10.6 Å². The third-order valence-corrected chi connectivity index (χ3v) is 4.28. The monoisotopic (exact) mass is 226 g/mol. The molecule has 0 saturated heterocycles. The van der Waals surface area contributed by atoms with Crippen molar-refractivity contribution in [1.82, 2.24) is 10.6 Å². The summed E-state index contributed by atoms with van der Waals surface area (Å²) in [5.41, 5.74) is 0.659. The Kier molecular flexibility index (Phi) is 4.81. The molecule has 0 unspecified atom stereocenters.